The summed E-state index contributed by atoms with van der Waals surface area (Å²) in [6.45, 7) is 2.04. The van der Waals surface area contributed by atoms with Crippen LogP contribution >= 0.6 is 24.8 Å². The summed E-state index contributed by atoms with van der Waals surface area (Å²) in [5.41, 5.74) is 6.73. The van der Waals surface area contributed by atoms with Crippen LogP contribution in [0.25, 0.3) is 0 Å². The number of hydrogen-bond acceptors (Lipinski definition) is 3. The summed E-state index contributed by atoms with van der Waals surface area (Å²) < 4.78 is 1.70. The van der Waals surface area contributed by atoms with E-state index < -0.39 is 0 Å². The molecule has 0 amide bonds. The summed E-state index contributed by atoms with van der Waals surface area (Å²) in [6.07, 6.45) is 2.62. The third-order valence-corrected chi connectivity index (χ3v) is 1.57. The fraction of sp³-hybridized carbons (Fsp3) is 0.667. The molecular formula is C6H14Cl2N4. The van der Waals surface area contributed by atoms with E-state index in [4.69, 9.17) is 5.73 Å². The first kappa shape index (κ1) is 14.2. The third kappa shape index (κ3) is 2.97. The summed E-state index contributed by atoms with van der Waals surface area (Å²) in [4.78, 5) is 0. The molecule has 1 heterocycles. The van der Waals surface area contributed by atoms with Crippen molar-refractivity contribution in [3.63, 3.8) is 0 Å². The zero-order valence-electron chi connectivity index (χ0n) is 7.10. The highest BCUT2D eigenvalue weighted by Crippen LogP contribution is 2.09. The largest absolute Gasteiger partial charge is 0.323 e. The fourth-order valence-corrected chi connectivity index (χ4v) is 0.842. The lowest BCUT2D eigenvalue weighted by molar-refractivity contribution is 0.597. The van der Waals surface area contributed by atoms with Crippen LogP contribution in [0, 0.1) is 0 Å². The molecule has 0 spiro atoms. The molecular weight excluding hydrogens is 199 g/mol. The van der Waals surface area contributed by atoms with Gasteiger partial charge in [0.1, 0.15) is 0 Å². The Bertz CT molecular complexity index is 213. The number of aryl methyl sites for hydroxylation is 1. The molecule has 0 fully saturated rings. The minimum atomic E-state index is 0. The molecule has 1 aromatic rings. The van der Waals surface area contributed by atoms with Gasteiger partial charge >= 0.3 is 0 Å². The summed E-state index contributed by atoms with van der Waals surface area (Å²) in [7, 11) is 1.85. The molecule has 72 valence electrons. The van der Waals surface area contributed by atoms with Gasteiger partial charge in [-0.1, -0.05) is 12.1 Å². The molecule has 12 heavy (non-hydrogen) atoms. The van der Waals surface area contributed by atoms with E-state index in [1.54, 1.807) is 10.9 Å². The smallest absolute Gasteiger partial charge is 0.0750 e. The minimum Gasteiger partial charge on any atom is -0.323 e. The molecule has 1 atom stereocenters. The number of hydrogen-bond donors (Lipinski definition) is 1. The monoisotopic (exact) mass is 212 g/mol. The van der Waals surface area contributed by atoms with E-state index in [9.17, 15) is 0 Å². The molecule has 1 rings (SSSR count). The predicted molar refractivity (Wildman–Crippen MR) is 52.7 cm³/mol. The highest BCUT2D eigenvalue weighted by Gasteiger charge is 2.06. The van der Waals surface area contributed by atoms with Gasteiger partial charge in [0, 0.05) is 13.1 Å². The van der Waals surface area contributed by atoms with Gasteiger partial charge in [-0.15, -0.1) is 29.9 Å². The van der Waals surface area contributed by atoms with E-state index in [1.165, 1.54) is 0 Å². The summed E-state index contributed by atoms with van der Waals surface area (Å²) in [5.74, 6) is 0. The Labute approximate surface area is 84.3 Å². The highest BCUT2D eigenvalue weighted by molar-refractivity contribution is 5.85. The maximum Gasteiger partial charge on any atom is 0.0750 e. The molecule has 0 saturated carbocycles. The van der Waals surface area contributed by atoms with Crippen molar-refractivity contribution in [2.45, 2.75) is 19.4 Å². The van der Waals surface area contributed by atoms with E-state index in [1.807, 2.05) is 14.0 Å². The maximum atomic E-state index is 5.74. The van der Waals surface area contributed by atoms with Crippen molar-refractivity contribution >= 4 is 24.8 Å². The zero-order valence-corrected chi connectivity index (χ0v) is 8.73. The van der Waals surface area contributed by atoms with Crippen LogP contribution in [0.4, 0.5) is 0 Å². The molecule has 0 aliphatic rings. The van der Waals surface area contributed by atoms with E-state index in [-0.39, 0.29) is 30.9 Å². The van der Waals surface area contributed by atoms with E-state index in [0.29, 0.717) is 0 Å². The van der Waals surface area contributed by atoms with Crippen LogP contribution < -0.4 is 5.73 Å². The van der Waals surface area contributed by atoms with Crippen LogP contribution in [-0.4, -0.2) is 15.0 Å². The Morgan fingerprint density at radius 2 is 2.17 bits per heavy atom. The lowest BCUT2D eigenvalue weighted by atomic mass is 10.2. The fourth-order valence-electron chi connectivity index (χ4n) is 0.842. The summed E-state index contributed by atoms with van der Waals surface area (Å²) in [6, 6.07) is 0.0694. The Morgan fingerprint density at radius 3 is 2.50 bits per heavy atom. The molecule has 0 radical (unpaired) electrons. The first-order chi connectivity index (χ1) is 4.75. The average molecular weight is 213 g/mol. The normalized spacial score (nSPS) is 11.2. The molecule has 2 N–H and O–H groups in total. The van der Waals surface area contributed by atoms with Crippen LogP contribution in [0.3, 0.4) is 0 Å². The zero-order chi connectivity index (χ0) is 7.56. The first-order valence-electron chi connectivity index (χ1n) is 3.36. The maximum absolute atomic E-state index is 5.74. The van der Waals surface area contributed by atoms with Crippen molar-refractivity contribution in [2.24, 2.45) is 12.8 Å². The second-order valence-electron chi connectivity index (χ2n) is 2.30. The van der Waals surface area contributed by atoms with Crippen molar-refractivity contribution in [2.75, 3.05) is 0 Å². The second kappa shape index (κ2) is 6.22. The Hall–Kier alpha value is -0.320. The number of rotatable bonds is 2. The SMILES string of the molecule is CC[C@H](N)c1cnnn1C.Cl.Cl. The predicted octanol–water partition coefficient (Wildman–Crippen LogP) is 1.07. The molecule has 0 saturated heterocycles. The molecule has 4 nitrogen and oxygen atoms in total. The van der Waals surface area contributed by atoms with Crippen LogP contribution in [0.2, 0.25) is 0 Å². The summed E-state index contributed by atoms with van der Waals surface area (Å²) in [5, 5.41) is 7.50. The molecule has 0 unspecified atom stereocenters. The standard InChI is InChI=1S/C6H12N4.2ClH/c1-3-5(7)6-4-8-9-10(6)2;;/h4-5H,3,7H2,1-2H3;2*1H/t5-;;/m0../s1. The minimum absolute atomic E-state index is 0. The molecule has 0 bridgehead atoms. The molecule has 0 aliphatic carbocycles. The first-order valence-corrected chi connectivity index (χ1v) is 3.36. The van der Waals surface area contributed by atoms with Gasteiger partial charge < -0.3 is 5.73 Å². The quantitative estimate of drug-likeness (QED) is 0.799. The van der Waals surface area contributed by atoms with Gasteiger partial charge in [-0.3, -0.25) is 4.68 Å². The van der Waals surface area contributed by atoms with Gasteiger partial charge in [-0.2, -0.15) is 0 Å². The number of halogens is 2. The van der Waals surface area contributed by atoms with E-state index in [0.717, 1.165) is 12.1 Å². The van der Waals surface area contributed by atoms with Gasteiger partial charge in [-0.25, -0.2) is 0 Å². The van der Waals surface area contributed by atoms with Gasteiger partial charge in [-0.05, 0) is 6.42 Å². The van der Waals surface area contributed by atoms with Crippen LogP contribution in [0.5, 0.6) is 0 Å². The van der Waals surface area contributed by atoms with Crippen molar-refractivity contribution in [1.29, 1.82) is 0 Å². The van der Waals surface area contributed by atoms with Crippen molar-refractivity contribution in [1.82, 2.24) is 15.0 Å². The van der Waals surface area contributed by atoms with Crippen LogP contribution in [-0.2, 0) is 7.05 Å². The second-order valence-corrected chi connectivity index (χ2v) is 2.30. The Balaban J connectivity index is 0. The number of nitrogens with two attached hydrogens (primary N) is 1. The molecule has 6 heteroatoms. The van der Waals surface area contributed by atoms with Gasteiger partial charge in [0.2, 0.25) is 0 Å². The lowest BCUT2D eigenvalue weighted by Gasteiger charge is -2.06. The highest BCUT2D eigenvalue weighted by atomic mass is 35.5. The van der Waals surface area contributed by atoms with Gasteiger partial charge in [0.25, 0.3) is 0 Å². The lowest BCUT2D eigenvalue weighted by Crippen LogP contribution is -2.13. The molecule has 0 aliphatic heterocycles. The van der Waals surface area contributed by atoms with Crippen molar-refractivity contribution < 1.29 is 0 Å². The Kier molecular flexibility index (Phi) is 7.37. The van der Waals surface area contributed by atoms with Crippen molar-refractivity contribution in [3.05, 3.63) is 11.9 Å². The molecule has 1 aromatic heterocycles. The van der Waals surface area contributed by atoms with Crippen molar-refractivity contribution in [3.8, 4) is 0 Å². The number of nitrogens with zero attached hydrogens (tertiary/aromatic N) is 3. The summed E-state index contributed by atoms with van der Waals surface area (Å²) >= 11 is 0. The number of aromatic nitrogens is 3. The van der Waals surface area contributed by atoms with Crippen LogP contribution in [0.1, 0.15) is 25.1 Å². The van der Waals surface area contributed by atoms with Gasteiger partial charge in [0.15, 0.2) is 0 Å². The van der Waals surface area contributed by atoms with E-state index >= 15 is 0 Å². The van der Waals surface area contributed by atoms with Crippen LogP contribution in [0.15, 0.2) is 6.20 Å². The molecule has 0 aromatic carbocycles. The van der Waals surface area contributed by atoms with E-state index in [2.05, 4.69) is 10.3 Å². The van der Waals surface area contributed by atoms with Gasteiger partial charge in [0.05, 0.1) is 11.9 Å². The average Bonchev–Trinajstić information content (AvgIpc) is 2.34. The Morgan fingerprint density at radius 1 is 1.58 bits per heavy atom. The topological polar surface area (TPSA) is 56.7 Å². The third-order valence-electron chi connectivity index (χ3n) is 1.57.